The van der Waals surface area contributed by atoms with Gasteiger partial charge in [0.05, 0.1) is 28.4 Å². The van der Waals surface area contributed by atoms with Crippen LogP contribution in [0, 0.1) is 6.92 Å². The van der Waals surface area contributed by atoms with E-state index >= 15 is 0 Å². The van der Waals surface area contributed by atoms with Gasteiger partial charge in [0.1, 0.15) is 6.33 Å². The van der Waals surface area contributed by atoms with Gasteiger partial charge in [-0.05, 0) is 39.0 Å². The number of aryl methyl sites for hydroxylation is 1. The SMILES string of the molecule is Cc1cncc(CN2CCN(c3ccc4ncnc(OC(C)C)c4c3)CC2)n1. The second kappa shape index (κ2) is 8.06. The molecule has 2 aromatic heterocycles. The minimum atomic E-state index is 0.0787. The summed E-state index contributed by atoms with van der Waals surface area (Å²) in [7, 11) is 0. The molecule has 7 heteroatoms. The van der Waals surface area contributed by atoms with Crippen LogP contribution in [0.5, 0.6) is 5.88 Å². The summed E-state index contributed by atoms with van der Waals surface area (Å²) in [4.78, 5) is 22.3. The van der Waals surface area contributed by atoms with E-state index in [0.717, 1.165) is 55.0 Å². The lowest BCUT2D eigenvalue weighted by molar-refractivity contribution is 0.235. The Morgan fingerprint density at radius 3 is 2.64 bits per heavy atom. The summed E-state index contributed by atoms with van der Waals surface area (Å²) in [6.45, 7) is 10.8. The van der Waals surface area contributed by atoms with E-state index in [0.29, 0.717) is 5.88 Å². The molecule has 0 N–H and O–H groups in total. The van der Waals surface area contributed by atoms with Crippen molar-refractivity contribution in [2.45, 2.75) is 33.4 Å². The number of rotatable bonds is 5. The summed E-state index contributed by atoms with van der Waals surface area (Å²) >= 11 is 0. The van der Waals surface area contributed by atoms with Crippen molar-refractivity contribution >= 4 is 16.6 Å². The second-order valence-corrected chi connectivity index (χ2v) is 7.46. The number of aromatic nitrogens is 4. The predicted octanol–water partition coefficient (Wildman–Crippen LogP) is 2.84. The number of fused-ring (bicyclic) bond motifs is 1. The molecule has 0 unspecified atom stereocenters. The van der Waals surface area contributed by atoms with Crippen LogP contribution in [0.15, 0.2) is 36.9 Å². The van der Waals surface area contributed by atoms with E-state index in [1.54, 1.807) is 12.5 Å². The molecule has 0 amide bonds. The van der Waals surface area contributed by atoms with Gasteiger partial charge < -0.3 is 9.64 Å². The topological polar surface area (TPSA) is 67.3 Å². The summed E-state index contributed by atoms with van der Waals surface area (Å²) in [5.74, 6) is 0.651. The Hall–Kier alpha value is -2.80. The van der Waals surface area contributed by atoms with Crippen molar-refractivity contribution in [3.05, 3.63) is 48.3 Å². The summed E-state index contributed by atoms with van der Waals surface area (Å²) in [5.41, 5.74) is 4.10. The van der Waals surface area contributed by atoms with Gasteiger partial charge in [-0.3, -0.25) is 14.9 Å². The quantitative estimate of drug-likeness (QED) is 0.676. The lowest BCUT2D eigenvalue weighted by Crippen LogP contribution is -2.46. The van der Waals surface area contributed by atoms with Crippen LogP contribution in [0.4, 0.5) is 5.69 Å². The van der Waals surface area contributed by atoms with Crippen LogP contribution < -0.4 is 9.64 Å². The number of benzene rings is 1. The lowest BCUT2D eigenvalue weighted by atomic mass is 10.2. The minimum Gasteiger partial charge on any atom is -0.474 e. The molecular weight excluding hydrogens is 352 g/mol. The molecule has 3 aromatic rings. The molecule has 28 heavy (non-hydrogen) atoms. The molecule has 7 nitrogen and oxygen atoms in total. The van der Waals surface area contributed by atoms with Gasteiger partial charge in [0, 0.05) is 50.8 Å². The third-order valence-electron chi connectivity index (χ3n) is 4.86. The van der Waals surface area contributed by atoms with Gasteiger partial charge in [-0.2, -0.15) is 0 Å². The predicted molar refractivity (Wildman–Crippen MR) is 110 cm³/mol. The van der Waals surface area contributed by atoms with E-state index in [-0.39, 0.29) is 6.10 Å². The highest BCUT2D eigenvalue weighted by Gasteiger charge is 2.19. The van der Waals surface area contributed by atoms with E-state index in [1.807, 2.05) is 33.0 Å². The van der Waals surface area contributed by atoms with E-state index in [2.05, 4.69) is 41.9 Å². The number of anilines is 1. The highest BCUT2D eigenvalue weighted by atomic mass is 16.5. The fraction of sp³-hybridized carbons (Fsp3) is 0.429. The molecule has 0 saturated carbocycles. The second-order valence-electron chi connectivity index (χ2n) is 7.46. The zero-order valence-electron chi connectivity index (χ0n) is 16.7. The van der Waals surface area contributed by atoms with E-state index in [4.69, 9.17) is 4.74 Å². The Morgan fingerprint density at radius 2 is 1.89 bits per heavy atom. The van der Waals surface area contributed by atoms with Gasteiger partial charge >= 0.3 is 0 Å². The van der Waals surface area contributed by atoms with E-state index in [1.165, 1.54) is 5.69 Å². The van der Waals surface area contributed by atoms with Crippen molar-refractivity contribution in [3.63, 3.8) is 0 Å². The zero-order chi connectivity index (χ0) is 19.5. The van der Waals surface area contributed by atoms with Gasteiger partial charge in [-0.1, -0.05) is 0 Å². The van der Waals surface area contributed by atoms with Crippen LogP contribution in [-0.4, -0.2) is 57.1 Å². The minimum absolute atomic E-state index is 0.0787. The normalized spacial score (nSPS) is 15.4. The van der Waals surface area contributed by atoms with Gasteiger partial charge in [-0.15, -0.1) is 0 Å². The Balaban J connectivity index is 1.46. The van der Waals surface area contributed by atoms with Crippen LogP contribution >= 0.6 is 0 Å². The Kier molecular flexibility index (Phi) is 5.34. The molecule has 1 aliphatic rings. The fourth-order valence-electron chi connectivity index (χ4n) is 3.52. The van der Waals surface area contributed by atoms with Gasteiger partial charge in [0.2, 0.25) is 5.88 Å². The van der Waals surface area contributed by atoms with Crippen LogP contribution in [0.2, 0.25) is 0 Å². The van der Waals surface area contributed by atoms with Crippen molar-refractivity contribution in [2.75, 3.05) is 31.1 Å². The first-order valence-corrected chi connectivity index (χ1v) is 9.75. The maximum Gasteiger partial charge on any atom is 0.224 e. The third kappa shape index (κ3) is 4.20. The van der Waals surface area contributed by atoms with Crippen molar-refractivity contribution in [1.29, 1.82) is 0 Å². The molecule has 146 valence electrons. The summed E-state index contributed by atoms with van der Waals surface area (Å²) in [6, 6.07) is 6.33. The molecule has 1 fully saturated rings. The van der Waals surface area contributed by atoms with Crippen molar-refractivity contribution in [3.8, 4) is 5.88 Å². The maximum atomic E-state index is 5.87. The lowest BCUT2D eigenvalue weighted by Gasteiger charge is -2.36. The first-order chi connectivity index (χ1) is 13.6. The molecule has 4 rings (SSSR count). The fourth-order valence-corrected chi connectivity index (χ4v) is 3.52. The largest absolute Gasteiger partial charge is 0.474 e. The number of hydrogen-bond acceptors (Lipinski definition) is 7. The van der Waals surface area contributed by atoms with Crippen molar-refractivity contribution in [2.24, 2.45) is 0 Å². The van der Waals surface area contributed by atoms with Crippen LogP contribution in [0.1, 0.15) is 25.2 Å². The van der Waals surface area contributed by atoms with Crippen molar-refractivity contribution < 1.29 is 4.74 Å². The molecule has 3 heterocycles. The summed E-state index contributed by atoms with van der Waals surface area (Å²) < 4.78 is 5.87. The van der Waals surface area contributed by atoms with Crippen LogP contribution in [0.25, 0.3) is 10.9 Å². The Bertz CT molecular complexity index is 953. The van der Waals surface area contributed by atoms with Crippen LogP contribution in [0.3, 0.4) is 0 Å². The third-order valence-corrected chi connectivity index (χ3v) is 4.86. The molecule has 0 aliphatic carbocycles. The van der Waals surface area contributed by atoms with Gasteiger partial charge in [0.15, 0.2) is 0 Å². The highest BCUT2D eigenvalue weighted by molar-refractivity contribution is 5.86. The molecule has 1 aromatic carbocycles. The molecule has 1 aliphatic heterocycles. The number of nitrogens with zero attached hydrogens (tertiary/aromatic N) is 6. The highest BCUT2D eigenvalue weighted by Crippen LogP contribution is 2.28. The maximum absolute atomic E-state index is 5.87. The number of hydrogen-bond donors (Lipinski definition) is 0. The smallest absolute Gasteiger partial charge is 0.224 e. The van der Waals surface area contributed by atoms with E-state index < -0.39 is 0 Å². The molecule has 0 spiro atoms. The van der Waals surface area contributed by atoms with Gasteiger partial charge in [-0.25, -0.2) is 9.97 Å². The average molecular weight is 378 g/mol. The van der Waals surface area contributed by atoms with E-state index in [9.17, 15) is 0 Å². The number of ether oxygens (including phenoxy) is 1. The summed E-state index contributed by atoms with van der Waals surface area (Å²) in [6.07, 6.45) is 5.29. The molecule has 0 atom stereocenters. The first-order valence-electron chi connectivity index (χ1n) is 9.75. The number of piperazine rings is 1. The summed E-state index contributed by atoms with van der Waals surface area (Å²) in [5, 5.41) is 0.964. The average Bonchev–Trinajstić information content (AvgIpc) is 2.68. The molecule has 1 saturated heterocycles. The first kappa shape index (κ1) is 18.6. The molecule has 0 bridgehead atoms. The Morgan fingerprint density at radius 1 is 1.07 bits per heavy atom. The van der Waals surface area contributed by atoms with Gasteiger partial charge in [0.25, 0.3) is 0 Å². The molecular formula is C21H26N6O. The van der Waals surface area contributed by atoms with Crippen molar-refractivity contribution in [1.82, 2.24) is 24.8 Å². The standard InChI is InChI=1S/C21H26N6O/c1-15(2)28-21-19-10-18(4-5-20(19)23-14-24-21)27-8-6-26(7-9-27)13-17-12-22-11-16(3)25-17/h4-5,10-12,14-15H,6-9,13H2,1-3H3. The Labute approximate surface area is 165 Å². The van der Waals surface area contributed by atoms with Crippen LogP contribution in [-0.2, 0) is 6.54 Å². The monoisotopic (exact) mass is 378 g/mol. The molecule has 0 radical (unpaired) electrons. The zero-order valence-corrected chi connectivity index (χ0v) is 16.7.